The van der Waals surface area contributed by atoms with E-state index < -0.39 is 0 Å². The van der Waals surface area contributed by atoms with Gasteiger partial charge in [0.05, 0.1) is 24.1 Å². The van der Waals surface area contributed by atoms with E-state index in [2.05, 4.69) is 23.0 Å². The van der Waals surface area contributed by atoms with Crippen molar-refractivity contribution in [2.75, 3.05) is 13.1 Å². The third-order valence-corrected chi connectivity index (χ3v) is 4.93. The fraction of sp³-hybridized carbons (Fsp3) is 0.444. The fourth-order valence-corrected chi connectivity index (χ4v) is 3.28. The number of allylic oxidation sites excluding steroid dienone is 1. The number of H-pyrrole nitrogens is 1. The zero-order chi connectivity index (χ0) is 16.4. The largest absolute Gasteiger partial charge is 0.505 e. The SMILES string of the molecule is CC1CC[NH+]([C@H](C)/C(O)=C(\C#N)c2nc3ccccc3[nH]2)CC1. The van der Waals surface area contributed by atoms with E-state index in [-0.39, 0.29) is 17.4 Å². The second kappa shape index (κ2) is 6.43. The number of benzene rings is 1. The van der Waals surface area contributed by atoms with Gasteiger partial charge in [-0.25, -0.2) is 4.98 Å². The smallest absolute Gasteiger partial charge is 0.172 e. The van der Waals surface area contributed by atoms with Crippen LogP contribution in [0.4, 0.5) is 0 Å². The van der Waals surface area contributed by atoms with E-state index in [9.17, 15) is 10.4 Å². The molecule has 0 bridgehead atoms. The molecule has 5 nitrogen and oxygen atoms in total. The van der Waals surface area contributed by atoms with Crippen molar-refractivity contribution in [2.45, 2.75) is 32.7 Å². The van der Waals surface area contributed by atoms with Crippen LogP contribution in [0.25, 0.3) is 16.6 Å². The summed E-state index contributed by atoms with van der Waals surface area (Å²) in [6.45, 7) is 6.32. The number of aromatic nitrogens is 2. The number of rotatable bonds is 3. The Bertz CT molecular complexity index is 730. The lowest BCUT2D eigenvalue weighted by molar-refractivity contribution is -0.925. The second-order valence-corrected chi connectivity index (χ2v) is 6.54. The van der Waals surface area contributed by atoms with Crippen LogP contribution in [-0.4, -0.2) is 34.2 Å². The molecule has 1 aromatic carbocycles. The number of para-hydroxylation sites is 2. The van der Waals surface area contributed by atoms with Gasteiger partial charge in [0, 0.05) is 0 Å². The number of nitriles is 1. The average Bonchev–Trinajstić information content (AvgIpc) is 2.99. The number of imidazole rings is 1. The summed E-state index contributed by atoms with van der Waals surface area (Å²) in [6.07, 6.45) is 2.33. The minimum atomic E-state index is -0.0923. The number of aromatic amines is 1. The molecule has 1 saturated heterocycles. The number of quaternary nitrogens is 1. The van der Waals surface area contributed by atoms with Crippen LogP contribution in [0.3, 0.4) is 0 Å². The standard InChI is InChI=1S/C18H22N4O/c1-12-7-9-22(10-8-12)13(2)17(23)14(11-19)18-20-15-5-3-4-6-16(15)21-18/h3-6,12-13,23H,7-10H2,1-2H3,(H,20,21)/p+1/b17-14-/t13-/m1/s1. The van der Waals surface area contributed by atoms with Gasteiger partial charge in [0.2, 0.25) is 0 Å². The first-order valence-electron chi connectivity index (χ1n) is 8.23. The Labute approximate surface area is 136 Å². The minimum absolute atomic E-state index is 0.0923. The summed E-state index contributed by atoms with van der Waals surface area (Å²) in [7, 11) is 0. The molecule has 2 aromatic rings. The van der Waals surface area contributed by atoms with Crippen molar-refractivity contribution in [3.05, 3.63) is 35.8 Å². The van der Waals surface area contributed by atoms with Gasteiger partial charge >= 0.3 is 0 Å². The van der Waals surface area contributed by atoms with Gasteiger partial charge in [-0.2, -0.15) is 5.26 Å². The third-order valence-electron chi connectivity index (χ3n) is 4.93. The van der Waals surface area contributed by atoms with E-state index in [1.807, 2.05) is 31.2 Å². The monoisotopic (exact) mass is 311 g/mol. The average molecular weight is 311 g/mol. The topological polar surface area (TPSA) is 77.1 Å². The van der Waals surface area contributed by atoms with Gasteiger partial charge in [-0.3, -0.25) is 0 Å². The molecule has 1 fully saturated rings. The molecule has 1 atom stereocenters. The highest BCUT2D eigenvalue weighted by Gasteiger charge is 2.29. The normalized spacial score (nSPS) is 24.0. The molecule has 1 aliphatic rings. The quantitative estimate of drug-likeness (QED) is 0.600. The molecule has 0 saturated carbocycles. The molecule has 1 aliphatic heterocycles. The highest BCUT2D eigenvalue weighted by atomic mass is 16.3. The first kappa shape index (κ1) is 15.6. The Balaban J connectivity index is 1.91. The molecule has 0 radical (unpaired) electrons. The summed E-state index contributed by atoms with van der Waals surface area (Å²) < 4.78 is 0. The molecule has 120 valence electrons. The Morgan fingerprint density at radius 3 is 2.74 bits per heavy atom. The van der Waals surface area contributed by atoms with E-state index in [0.29, 0.717) is 5.82 Å². The molecule has 3 rings (SSSR count). The molecule has 2 heterocycles. The van der Waals surface area contributed by atoms with Crippen LogP contribution in [0.5, 0.6) is 0 Å². The molecule has 0 amide bonds. The first-order chi connectivity index (χ1) is 11.1. The fourth-order valence-electron chi connectivity index (χ4n) is 3.28. The van der Waals surface area contributed by atoms with Crippen LogP contribution < -0.4 is 4.90 Å². The Morgan fingerprint density at radius 1 is 1.39 bits per heavy atom. The Kier molecular flexibility index (Phi) is 4.35. The number of aliphatic hydroxyl groups excluding tert-OH is 1. The maximum Gasteiger partial charge on any atom is 0.172 e. The van der Waals surface area contributed by atoms with Gasteiger partial charge in [0.25, 0.3) is 0 Å². The van der Waals surface area contributed by atoms with Gasteiger partial charge in [-0.05, 0) is 37.8 Å². The number of hydrogen-bond donors (Lipinski definition) is 3. The maximum absolute atomic E-state index is 10.7. The van der Waals surface area contributed by atoms with Crippen LogP contribution in [0.1, 0.15) is 32.5 Å². The van der Waals surface area contributed by atoms with Crippen LogP contribution in [0, 0.1) is 17.2 Å². The summed E-state index contributed by atoms with van der Waals surface area (Å²) in [6, 6.07) is 9.67. The number of aliphatic hydroxyl groups is 1. The molecular formula is C18H23N4O+. The van der Waals surface area contributed by atoms with E-state index in [1.54, 1.807) is 0 Å². The predicted octanol–water partition coefficient (Wildman–Crippen LogP) is 2.06. The molecule has 1 aromatic heterocycles. The number of piperidine rings is 1. The second-order valence-electron chi connectivity index (χ2n) is 6.54. The number of hydrogen-bond acceptors (Lipinski definition) is 3. The zero-order valence-electron chi connectivity index (χ0n) is 13.6. The lowest BCUT2D eigenvalue weighted by Crippen LogP contribution is -3.16. The number of nitrogens with zero attached hydrogens (tertiary/aromatic N) is 2. The summed E-state index contributed by atoms with van der Waals surface area (Å²) >= 11 is 0. The Hall–Kier alpha value is -2.32. The van der Waals surface area contributed by atoms with E-state index in [4.69, 9.17) is 0 Å². The summed E-state index contributed by atoms with van der Waals surface area (Å²) in [5.41, 5.74) is 1.92. The lowest BCUT2D eigenvalue weighted by atomic mass is 9.97. The van der Waals surface area contributed by atoms with Crippen molar-refractivity contribution in [2.24, 2.45) is 5.92 Å². The molecule has 5 heteroatoms. The summed E-state index contributed by atoms with van der Waals surface area (Å²) in [5.74, 6) is 1.34. The van der Waals surface area contributed by atoms with Gasteiger partial charge in [-0.15, -0.1) is 0 Å². The highest BCUT2D eigenvalue weighted by molar-refractivity contribution is 5.82. The number of fused-ring (bicyclic) bond motifs is 1. The van der Waals surface area contributed by atoms with Crippen LogP contribution in [0.2, 0.25) is 0 Å². The van der Waals surface area contributed by atoms with Crippen LogP contribution >= 0.6 is 0 Å². The first-order valence-corrected chi connectivity index (χ1v) is 8.23. The van der Waals surface area contributed by atoms with Crippen molar-refractivity contribution in [1.82, 2.24) is 9.97 Å². The predicted molar refractivity (Wildman–Crippen MR) is 89.8 cm³/mol. The zero-order valence-corrected chi connectivity index (χ0v) is 13.6. The maximum atomic E-state index is 10.7. The van der Waals surface area contributed by atoms with E-state index in [0.717, 1.165) is 30.0 Å². The van der Waals surface area contributed by atoms with Gasteiger partial charge < -0.3 is 15.0 Å². The number of likely N-dealkylation sites (tertiary alicyclic amines) is 1. The third kappa shape index (κ3) is 3.08. The lowest BCUT2D eigenvalue weighted by Gasteiger charge is -2.31. The van der Waals surface area contributed by atoms with Gasteiger partial charge in [0.1, 0.15) is 17.7 Å². The highest BCUT2D eigenvalue weighted by Crippen LogP contribution is 2.20. The molecule has 0 spiro atoms. The molecule has 0 unspecified atom stereocenters. The summed E-state index contributed by atoms with van der Waals surface area (Å²) in [5, 5.41) is 20.2. The van der Waals surface area contributed by atoms with Crippen molar-refractivity contribution in [3.8, 4) is 6.07 Å². The van der Waals surface area contributed by atoms with Crippen molar-refractivity contribution in [1.29, 1.82) is 5.26 Å². The van der Waals surface area contributed by atoms with Crippen molar-refractivity contribution in [3.63, 3.8) is 0 Å². The van der Waals surface area contributed by atoms with Crippen LogP contribution in [-0.2, 0) is 0 Å². The molecule has 3 N–H and O–H groups in total. The van der Waals surface area contributed by atoms with Gasteiger partial charge in [0.15, 0.2) is 11.6 Å². The molecule has 23 heavy (non-hydrogen) atoms. The van der Waals surface area contributed by atoms with E-state index in [1.165, 1.54) is 17.7 Å². The number of nitrogens with one attached hydrogen (secondary N) is 2. The molecular weight excluding hydrogens is 288 g/mol. The van der Waals surface area contributed by atoms with Crippen molar-refractivity contribution >= 4 is 16.6 Å². The minimum Gasteiger partial charge on any atom is -0.505 e. The van der Waals surface area contributed by atoms with Gasteiger partial charge in [-0.1, -0.05) is 19.1 Å². The van der Waals surface area contributed by atoms with Crippen LogP contribution in [0.15, 0.2) is 30.0 Å². The van der Waals surface area contributed by atoms with E-state index >= 15 is 0 Å². The Morgan fingerprint density at radius 2 is 2.09 bits per heavy atom. The van der Waals surface area contributed by atoms with Crippen molar-refractivity contribution < 1.29 is 10.0 Å². The summed E-state index contributed by atoms with van der Waals surface area (Å²) in [4.78, 5) is 8.91. The molecule has 0 aliphatic carbocycles.